The van der Waals surface area contributed by atoms with Crippen LogP contribution in [0.25, 0.3) is 6.08 Å². The van der Waals surface area contributed by atoms with Gasteiger partial charge in [0.15, 0.2) is 11.5 Å². The lowest BCUT2D eigenvalue weighted by Crippen LogP contribution is -2.13. The van der Waals surface area contributed by atoms with Gasteiger partial charge < -0.3 is 14.2 Å². The van der Waals surface area contributed by atoms with E-state index in [-0.39, 0.29) is 26.4 Å². The Morgan fingerprint density at radius 1 is 1.12 bits per heavy atom. The van der Waals surface area contributed by atoms with Gasteiger partial charge in [-0.2, -0.15) is 13.7 Å². The van der Waals surface area contributed by atoms with Gasteiger partial charge in [0.2, 0.25) is 0 Å². The Balaban J connectivity index is 1.90. The molecule has 1 amide bonds. The van der Waals surface area contributed by atoms with Crippen molar-refractivity contribution < 1.29 is 26.5 Å². The summed E-state index contributed by atoms with van der Waals surface area (Å²) in [6.45, 7) is 0. The van der Waals surface area contributed by atoms with Gasteiger partial charge in [-0.05, 0) is 76.1 Å². The van der Waals surface area contributed by atoms with Crippen molar-refractivity contribution in [1.29, 1.82) is 5.26 Å². The fourth-order valence-electron chi connectivity index (χ4n) is 2.70. The van der Waals surface area contributed by atoms with Gasteiger partial charge in [-0.1, -0.05) is 18.2 Å². The van der Waals surface area contributed by atoms with Crippen LogP contribution >= 0.6 is 15.9 Å². The number of carbonyl (C=O) groups is 1. The van der Waals surface area contributed by atoms with Crippen LogP contribution in [0.2, 0.25) is 0 Å². The molecule has 3 rings (SSSR count). The van der Waals surface area contributed by atoms with Crippen LogP contribution in [0.5, 0.6) is 11.5 Å². The summed E-state index contributed by atoms with van der Waals surface area (Å²) in [5.41, 5.74) is 0.448. The minimum atomic E-state index is -4.13. The smallest absolute Gasteiger partial charge is 0.339 e. The largest absolute Gasteiger partial charge is 0.493 e. The maximum absolute atomic E-state index is 13.0. The molecule has 0 atom stereocenters. The third-order valence-corrected chi connectivity index (χ3v) is 6.08. The molecule has 0 aliphatic rings. The monoisotopic (exact) mass is 530 g/mol. The van der Waals surface area contributed by atoms with E-state index in [1.54, 1.807) is 24.3 Å². The molecule has 0 unspecified atom stereocenters. The molecule has 168 valence electrons. The van der Waals surface area contributed by atoms with Crippen molar-refractivity contribution in [2.24, 2.45) is 0 Å². The zero-order valence-electron chi connectivity index (χ0n) is 17.1. The molecular weight excluding hydrogens is 515 g/mol. The topological polar surface area (TPSA) is 105 Å². The molecule has 0 bridgehead atoms. The molecule has 0 saturated carbocycles. The van der Waals surface area contributed by atoms with Gasteiger partial charge in [-0.3, -0.25) is 4.79 Å². The first kappa shape index (κ1) is 24.0. The van der Waals surface area contributed by atoms with E-state index in [1.165, 1.54) is 61.7 Å². The van der Waals surface area contributed by atoms with Crippen LogP contribution in [-0.2, 0) is 14.9 Å². The SMILES string of the molecule is COc1cc(/C=C(\C#N)C(=O)Nc2ccc(F)cc2)cc(Br)c1OS(=O)(=O)c1ccccc1. The van der Waals surface area contributed by atoms with Crippen molar-refractivity contribution in [3.8, 4) is 17.6 Å². The van der Waals surface area contributed by atoms with E-state index in [0.29, 0.717) is 11.3 Å². The van der Waals surface area contributed by atoms with Crippen molar-refractivity contribution in [3.63, 3.8) is 0 Å². The van der Waals surface area contributed by atoms with Crippen LogP contribution in [0.15, 0.2) is 81.7 Å². The van der Waals surface area contributed by atoms with E-state index in [0.717, 1.165) is 0 Å². The van der Waals surface area contributed by atoms with Crippen LogP contribution < -0.4 is 14.2 Å². The molecule has 0 saturated heterocycles. The molecule has 7 nitrogen and oxygen atoms in total. The summed E-state index contributed by atoms with van der Waals surface area (Å²) in [6, 6.07) is 17.4. The number of amides is 1. The number of halogens is 2. The molecule has 0 heterocycles. The van der Waals surface area contributed by atoms with E-state index in [1.807, 2.05) is 0 Å². The number of nitrogens with zero attached hydrogens (tertiary/aromatic N) is 1. The molecule has 0 aliphatic heterocycles. The number of hydrogen-bond acceptors (Lipinski definition) is 6. The Kier molecular flexibility index (Phi) is 7.48. The minimum absolute atomic E-state index is 0.0350. The number of carbonyl (C=O) groups excluding carboxylic acids is 1. The fourth-order valence-corrected chi connectivity index (χ4v) is 4.32. The second-order valence-electron chi connectivity index (χ2n) is 6.52. The highest BCUT2D eigenvalue weighted by Gasteiger charge is 2.22. The summed E-state index contributed by atoms with van der Waals surface area (Å²) in [6.07, 6.45) is 1.29. The quantitative estimate of drug-likeness (QED) is 0.264. The molecule has 0 radical (unpaired) electrons. The second kappa shape index (κ2) is 10.3. The minimum Gasteiger partial charge on any atom is -0.493 e. The number of hydrogen-bond donors (Lipinski definition) is 1. The maximum Gasteiger partial charge on any atom is 0.339 e. The summed E-state index contributed by atoms with van der Waals surface area (Å²) in [7, 11) is -2.81. The van der Waals surface area contributed by atoms with Crippen LogP contribution in [0, 0.1) is 17.1 Å². The molecular formula is C23H16BrFN2O5S. The van der Waals surface area contributed by atoms with E-state index >= 15 is 0 Å². The molecule has 0 aliphatic carbocycles. The van der Waals surface area contributed by atoms with E-state index in [2.05, 4.69) is 21.2 Å². The number of methoxy groups -OCH3 is 1. The average Bonchev–Trinajstić information content (AvgIpc) is 2.80. The summed E-state index contributed by atoms with van der Waals surface area (Å²) < 4.78 is 49.0. The van der Waals surface area contributed by atoms with Crippen LogP contribution in [0.4, 0.5) is 10.1 Å². The Morgan fingerprint density at radius 2 is 1.79 bits per heavy atom. The number of nitriles is 1. The number of anilines is 1. The van der Waals surface area contributed by atoms with Gasteiger partial charge >= 0.3 is 10.1 Å². The van der Waals surface area contributed by atoms with Gasteiger partial charge in [0, 0.05) is 5.69 Å². The second-order valence-corrected chi connectivity index (χ2v) is 8.92. The summed E-state index contributed by atoms with van der Waals surface area (Å²) in [5.74, 6) is -1.19. The molecule has 0 aromatic heterocycles. The van der Waals surface area contributed by atoms with Gasteiger partial charge in [0.25, 0.3) is 5.91 Å². The predicted octanol–water partition coefficient (Wildman–Crippen LogP) is 4.91. The molecule has 3 aromatic rings. The van der Waals surface area contributed by atoms with Crippen molar-refractivity contribution in [3.05, 3.63) is 88.2 Å². The summed E-state index contributed by atoms with van der Waals surface area (Å²) in [5, 5.41) is 11.9. The molecule has 0 fully saturated rings. The van der Waals surface area contributed by atoms with Crippen molar-refractivity contribution in [2.75, 3.05) is 12.4 Å². The zero-order chi connectivity index (χ0) is 24.0. The molecule has 10 heteroatoms. The van der Waals surface area contributed by atoms with Crippen LogP contribution in [-0.4, -0.2) is 21.4 Å². The number of nitrogens with one attached hydrogen (secondary N) is 1. The van der Waals surface area contributed by atoms with Crippen molar-refractivity contribution >= 4 is 43.7 Å². The Bertz CT molecular complexity index is 1350. The third kappa shape index (κ3) is 5.97. The lowest BCUT2D eigenvalue weighted by molar-refractivity contribution is -0.112. The Morgan fingerprint density at radius 3 is 2.39 bits per heavy atom. The summed E-state index contributed by atoms with van der Waals surface area (Å²) >= 11 is 3.26. The maximum atomic E-state index is 13.0. The number of rotatable bonds is 7. The van der Waals surface area contributed by atoms with Crippen molar-refractivity contribution in [1.82, 2.24) is 0 Å². The van der Waals surface area contributed by atoms with E-state index < -0.39 is 21.8 Å². The van der Waals surface area contributed by atoms with Gasteiger partial charge in [0.1, 0.15) is 22.4 Å². The third-order valence-electron chi connectivity index (χ3n) is 4.25. The molecule has 33 heavy (non-hydrogen) atoms. The predicted molar refractivity (Wildman–Crippen MR) is 124 cm³/mol. The Labute approximate surface area is 198 Å². The lowest BCUT2D eigenvalue weighted by Gasteiger charge is -2.13. The van der Waals surface area contributed by atoms with Crippen LogP contribution in [0.1, 0.15) is 5.56 Å². The number of benzene rings is 3. The van der Waals surface area contributed by atoms with Crippen molar-refractivity contribution in [2.45, 2.75) is 4.90 Å². The fraction of sp³-hybridized carbons (Fsp3) is 0.0435. The van der Waals surface area contributed by atoms with E-state index in [9.17, 15) is 22.9 Å². The average molecular weight is 531 g/mol. The van der Waals surface area contributed by atoms with E-state index in [4.69, 9.17) is 8.92 Å². The highest BCUT2D eigenvalue weighted by Crippen LogP contribution is 2.39. The lowest BCUT2D eigenvalue weighted by atomic mass is 10.1. The first-order valence-corrected chi connectivity index (χ1v) is 11.5. The zero-order valence-corrected chi connectivity index (χ0v) is 19.5. The van der Waals surface area contributed by atoms with Gasteiger partial charge in [0.05, 0.1) is 11.6 Å². The first-order chi connectivity index (χ1) is 15.7. The molecule has 1 N–H and O–H groups in total. The summed E-state index contributed by atoms with van der Waals surface area (Å²) in [4.78, 5) is 12.4. The highest BCUT2D eigenvalue weighted by molar-refractivity contribution is 9.10. The standard InChI is InChI=1S/C23H16BrFN2O5S/c1-31-21-13-15(11-16(14-26)23(28)27-18-9-7-17(25)8-10-18)12-20(24)22(21)32-33(29,30)19-5-3-2-4-6-19/h2-13H,1H3,(H,27,28)/b16-11+. The van der Waals surface area contributed by atoms with Gasteiger partial charge in [-0.25, -0.2) is 4.39 Å². The highest BCUT2D eigenvalue weighted by atomic mass is 79.9. The molecule has 3 aromatic carbocycles. The van der Waals surface area contributed by atoms with Gasteiger partial charge in [-0.15, -0.1) is 0 Å². The number of ether oxygens (including phenoxy) is 1. The molecule has 0 spiro atoms. The normalized spacial score (nSPS) is 11.4. The Hall–Kier alpha value is -3.68. The van der Waals surface area contributed by atoms with Crippen LogP contribution in [0.3, 0.4) is 0 Å². The first-order valence-electron chi connectivity index (χ1n) is 9.29.